The van der Waals surface area contributed by atoms with Gasteiger partial charge in [-0.3, -0.25) is 14.4 Å². The van der Waals surface area contributed by atoms with Gasteiger partial charge in [-0.15, -0.1) is 0 Å². The lowest BCUT2D eigenvalue weighted by molar-refractivity contribution is -0.116. The van der Waals surface area contributed by atoms with Crippen LogP contribution in [0, 0.1) is 0 Å². The Morgan fingerprint density at radius 2 is 1.81 bits per heavy atom. The van der Waals surface area contributed by atoms with Crippen LogP contribution in [0.1, 0.15) is 29.3 Å². The van der Waals surface area contributed by atoms with E-state index in [0.717, 1.165) is 5.56 Å². The van der Waals surface area contributed by atoms with E-state index in [1.165, 1.54) is 11.8 Å². The minimum Gasteiger partial charge on any atom is -0.326 e. The van der Waals surface area contributed by atoms with Gasteiger partial charge in [-0.2, -0.15) is 0 Å². The summed E-state index contributed by atoms with van der Waals surface area (Å²) in [5, 5.41) is 5.65. The van der Waals surface area contributed by atoms with E-state index in [1.807, 2.05) is 12.1 Å². The fourth-order valence-electron chi connectivity index (χ4n) is 2.89. The third kappa shape index (κ3) is 4.01. The van der Waals surface area contributed by atoms with Gasteiger partial charge < -0.3 is 15.5 Å². The SMILES string of the molecule is C=C1c2ccccc2C(=O)N1CCC(=O)Nc1ccc(NC(C)=O)c(Cl)c1. The molecule has 1 aliphatic heterocycles. The number of hydrogen-bond donors (Lipinski definition) is 2. The van der Waals surface area contributed by atoms with Crippen LogP contribution in [0.2, 0.25) is 5.02 Å². The van der Waals surface area contributed by atoms with Gasteiger partial charge in [0.2, 0.25) is 11.8 Å². The van der Waals surface area contributed by atoms with Crippen molar-refractivity contribution in [1.29, 1.82) is 0 Å². The van der Waals surface area contributed by atoms with Crippen LogP contribution in [0.4, 0.5) is 11.4 Å². The molecule has 0 atom stereocenters. The highest BCUT2D eigenvalue weighted by atomic mass is 35.5. The average Bonchev–Trinajstić information content (AvgIpc) is 2.86. The number of amides is 3. The fourth-order valence-corrected chi connectivity index (χ4v) is 3.12. The largest absolute Gasteiger partial charge is 0.326 e. The topological polar surface area (TPSA) is 78.5 Å². The molecule has 1 heterocycles. The van der Waals surface area contributed by atoms with Gasteiger partial charge in [0.15, 0.2) is 0 Å². The molecule has 0 spiro atoms. The van der Waals surface area contributed by atoms with Crippen molar-refractivity contribution in [1.82, 2.24) is 4.90 Å². The number of benzene rings is 2. The number of carbonyl (C=O) groups excluding carboxylic acids is 3. The number of nitrogens with one attached hydrogen (secondary N) is 2. The summed E-state index contributed by atoms with van der Waals surface area (Å²) in [5.74, 6) is -0.633. The maximum absolute atomic E-state index is 12.4. The quantitative estimate of drug-likeness (QED) is 0.825. The monoisotopic (exact) mass is 383 g/mol. The van der Waals surface area contributed by atoms with Crippen molar-refractivity contribution in [2.45, 2.75) is 13.3 Å². The smallest absolute Gasteiger partial charge is 0.258 e. The van der Waals surface area contributed by atoms with E-state index in [4.69, 9.17) is 11.6 Å². The lowest BCUT2D eigenvalue weighted by Crippen LogP contribution is -2.27. The summed E-state index contributed by atoms with van der Waals surface area (Å²) in [6.07, 6.45) is 0.115. The molecule has 27 heavy (non-hydrogen) atoms. The Hall–Kier alpha value is -3.12. The molecule has 0 fully saturated rings. The van der Waals surface area contributed by atoms with Gasteiger partial charge in [0, 0.05) is 42.4 Å². The molecular weight excluding hydrogens is 366 g/mol. The van der Waals surface area contributed by atoms with Crippen LogP contribution in [-0.4, -0.2) is 29.2 Å². The van der Waals surface area contributed by atoms with Gasteiger partial charge in [-0.1, -0.05) is 36.4 Å². The fraction of sp³-hybridized carbons (Fsp3) is 0.150. The van der Waals surface area contributed by atoms with E-state index in [0.29, 0.717) is 27.7 Å². The Kier molecular flexibility index (Phi) is 5.28. The Balaban J connectivity index is 1.59. The molecule has 0 unspecified atom stereocenters. The molecule has 0 aliphatic carbocycles. The van der Waals surface area contributed by atoms with E-state index >= 15 is 0 Å². The number of anilines is 2. The second-order valence-electron chi connectivity index (χ2n) is 6.12. The molecular formula is C20H18ClN3O3. The summed E-state index contributed by atoms with van der Waals surface area (Å²) in [6, 6.07) is 12.1. The van der Waals surface area contributed by atoms with E-state index < -0.39 is 0 Å². The van der Waals surface area contributed by atoms with Crippen LogP contribution in [0.25, 0.3) is 5.70 Å². The third-order valence-electron chi connectivity index (χ3n) is 4.17. The minimum absolute atomic E-state index is 0.115. The number of fused-ring (bicyclic) bond motifs is 1. The third-order valence-corrected chi connectivity index (χ3v) is 4.48. The van der Waals surface area contributed by atoms with Crippen LogP contribution in [0.3, 0.4) is 0 Å². The van der Waals surface area contributed by atoms with Gasteiger partial charge in [0.25, 0.3) is 5.91 Å². The highest BCUT2D eigenvalue weighted by Gasteiger charge is 2.30. The molecule has 1 aliphatic rings. The number of rotatable bonds is 5. The summed E-state index contributed by atoms with van der Waals surface area (Å²) in [6.45, 7) is 5.57. The van der Waals surface area contributed by atoms with Crippen molar-refractivity contribution in [3.8, 4) is 0 Å². The van der Waals surface area contributed by atoms with Crippen LogP contribution in [0.5, 0.6) is 0 Å². The molecule has 0 saturated heterocycles. The Bertz CT molecular complexity index is 920. The summed E-state index contributed by atoms with van der Waals surface area (Å²) < 4.78 is 0. The summed E-state index contributed by atoms with van der Waals surface area (Å²) in [4.78, 5) is 37.3. The molecule has 3 rings (SSSR count). The summed E-state index contributed by atoms with van der Waals surface area (Å²) in [5.41, 5.74) is 2.98. The van der Waals surface area contributed by atoms with Crippen molar-refractivity contribution >= 4 is 46.4 Å². The van der Waals surface area contributed by atoms with Gasteiger partial charge in [-0.05, 0) is 24.3 Å². The molecule has 0 radical (unpaired) electrons. The Morgan fingerprint density at radius 1 is 1.11 bits per heavy atom. The predicted octanol–water partition coefficient (Wildman–Crippen LogP) is 3.75. The van der Waals surface area contributed by atoms with Crippen molar-refractivity contribution < 1.29 is 14.4 Å². The highest BCUT2D eigenvalue weighted by Crippen LogP contribution is 2.31. The van der Waals surface area contributed by atoms with Crippen molar-refractivity contribution in [3.05, 3.63) is 65.2 Å². The predicted molar refractivity (Wildman–Crippen MR) is 106 cm³/mol. The van der Waals surface area contributed by atoms with Gasteiger partial charge in [0.05, 0.1) is 10.7 Å². The molecule has 2 aromatic rings. The molecule has 7 heteroatoms. The molecule has 2 N–H and O–H groups in total. The normalized spacial score (nSPS) is 12.7. The standard InChI is InChI=1S/C20H18ClN3O3/c1-12-15-5-3-4-6-16(15)20(27)24(12)10-9-19(26)23-14-7-8-18(17(21)11-14)22-13(2)25/h3-8,11H,1,9-10H2,2H3,(H,22,25)(H,23,26). The first-order chi connectivity index (χ1) is 12.9. The van der Waals surface area contributed by atoms with E-state index in [1.54, 1.807) is 30.3 Å². The lowest BCUT2D eigenvalue weighted by atomic mass is 10.1. The zero-order chi connectivity index (χ0) is 19.6. The van der Waals surface area contributed by atoms with Gasteiger partial charge in [0.1, 0.15) is 0 Å². The molecule has 3 amide bonds. The minimum atomic E-state index is -0.255. The summed E-state index contributed by atoms with van der Waals surface area (Å²) in [7, 11) is 0. The van der Waals surface area contributed by atoms with E-state index in [-0.39, 0.29) is 30.7 Å². The zero-order valence-electron chi connectivity index (χ0n) is 14.7. The Labute approximate surface area is 161 Å². The first-order valence-corrected chi connectivity index (χ1v) is 8.72. The molecule has 0 bridgehead atoms. The number of halogens is 1. The van der Waals surface area contributed by atoms with Crippen molar-refractivity contribution in [3.63, 3.8) is 0 Å². The highest BCUT2D eigenvalue weighted by molar-refractivity contribution is 6.34. The molecule has 6 nitrogen and oxygen atoms in total. The van der Waals surface area contributed by atoms with E-state index in [9.17, 15) is 14.4 Å². The van der Waals surface area contributed by atoms with Crippen LogP contribution < -0.4 is 10.6 Å². The van der Waals surface area contributed by atoms with Crippen molar-refractivity contribution in [2.75, 3.05) is 17.2 Å². The van der Waals surface area contributed by atoms with Crippen LogP contribution in [-0.2, 0) is 9.59 Å². The Morgan fingerprint density at radius 3 is 2.44 bits per heavy atom. The zero-order valence-corrected chi connectivity index (χ0v) is 15.5. The van der Waals surface area contributed by atoms with Crippen LogP contribution >= 0.6 is 11.6 Å². The average molecular weight is 384 g/mol. The first kappa shape index (κ1) is 18.7. The lowest BCUT2D eigenvalue weighted by Gasteiger charge is -2.17. The number of nitrogens with zero attached hydrogens (tertiary/aromatic N) is 1. The summed E-state index contributed by atoms with van der Waals surface area (Å²) >= 11 is 6.10. The van der Waals surface area contributed by atoms with Crippen molar-refractivity contribution in [2.24, 2.45) is 0 Å². The molecule has 138 valence electrons. The molecule has 0 aromatic heterocycles. The molecule has 0 saturated carbocycles. The number of carbonyl (C=O) groups is 3. The maximum atomic E-state index is 12.4. The number of hydrogen-bond acceptors (Lipinski definition) is 3. The second kappa shape index (κ2) is 7.63. The second-order valence-corrected chi connectivity index (χ2v) is 6.53. The maximum Gasteiger partial charge on any atom is 0.258 e. The molecule has 2 aromatic carbocycles. The van der Waals surface area contributed by atoms with Gasteiger partial charge >= 0.3 is 0 Å². The van der Waals surface area contributed by atoms with Crippen LogP contribution in [0.15, 0.2) is 49.0 Å². The van der Waals surface area contributed by atoms with E-state index in [2.05, 4.69) is 17.2 Å². The first-order valence-electron chi connectivity index (χ1n) is 8.34. The van der Waals surface area contributed by atoms with Gasteiger partial charge in [-0.25, -0.2) is 0 Å².